The third kappa shape index (κ3) is 2.16. The van der Waals surface area contributed by atoms with Gasteiger partial charge in [-0.2, -0.15) is 5.10 Å². The number of ketones is 1. The first kappa shape index (κ1) is 12.8. The molecule has 0 atom stereocenters. The lowest BCUT2D eigenvalue weighted by Crippen LogP contribution is -2.11. The minimum atomic E-state index is -0.144. The smallest absolute Gasteiger partial charge is 0.214 e. The maximum absolute atomic E-state index is 12.4. The van der Waals surface area contributed by atoms with Crippen molar-refractivity contribution in [2.75, 3.05) is 0 Å². The number of aromatic nitrogens is 3. The molecule has 0 spiro atoms. The SMILES string of the molecule is CCn1nc(C)c(Cl)c1C(=O)c1ccc(C)nc1. The van der Waals surface area contributed by atoms with Gasteiger partial charge in [0.25, 0.3) is 0 Å². The number of rotatable bonds is 3. The minimum Gasteiger partial charge on any atom is -0.287 e. The fourth-order valence-electron chi connectivity index (χ4n) is 1.74. The molecular formula is C13H14ClN3O. The zero-order chi connectivity index (χ0) is 13.3. The lowest BCUT2D eigenvalue weighted by atomic mass is 10.1. The monoisotopic (exact) mass is 263 g/mol. The molecule has 2 heterocycles. The van der Waals surface area contributed by atoms with Crippen molar-refractivity contribution < 1.29 is 4.79 Å². The van der Waals surface area contributed by atoms with Crippen LogP contribution < -0.4 is 0 Å². The number of carbonyl (C=O) groups is 1. The first-order valence-electron chi connectivity index (χ1n) is 5.74. The molecule has 5 heteroatoms. The Bertz CT molecular complexity index is 587. The topological polar surface area (TPSA) is 47.8 Å². The Morgan fingerprint density at radius 1 is 1.39 bits per heavy atom. The van der Waals surface area contributed by atoms with Gasteiger partial charge in [-0.3, -0.25) is 14.5 Å². The van der Waals surface area contributed by atoms with Crippen LogP contribution in [0.15, 0.2) is 18.3 Å². The summed E-state index contributed by atoms with van der Waals surface area (Å²) in [6.45, 7) is 6.20. The van der Waals surface area contributed by atoms with E-state index in [1.54, 1.807) is 29.9 Å². The Labute approximate surface area is 111 Å². The van der Waals surface area contributed by atoms with Crippen LogP contribution in [-0.4, -0.2) is 20.5 Å². The van der Waals surface area contributed by atoms with Crippen molar-refractivity contribution in [2.45, 2.75) is 27.3 Å². The van der Waals surface area contributed by atoms with Gasteiger partial charge in [0.15, 0.2) is 0 Å². The maximum atomic E-state index is 12.4. The van der Waals surface area contributed by atoms with Crippen molar-refractivity contribution in [3.8, 4) is 0 Å². The van der Waals surface area contributed by atoms with Crippen LogP contribution in [0.1, 0.15) is 34.4 Å². The number of pyridine rings is 1. The summed E-state index contributed by atoms with van der Waals surface area (Å²) in [5.74, 6) is -0.144. The molecule has 2 aromatic rings. The Morgan fingerprint density at radius 2 is 2.11 bits per heavy atom. The van der Waals surface area contributed by atoms with Crippen LogP contribution in [0.3, 0.4) is 0 Å². The summed E-state index contributed by atoms with van der Waals surface area (Å²) in [5, 5.41) is 4.66. The normalized spacial score (nSPS) is 10.7. The van der Waals surface area contributed by atoms with Gasteiger partial charge in [-0.1, -0.05) is 11.6 Å². The molecule has 0 saturated heterocycles. The quantitative estimate of drug-likeness (QED) is 0.800. The third-order valence-corrected chi connectivity index (χ3v) is 3.20. The molecule has 4 nitrogen and oxygen atoms in total. The van der Waals surface area contributed by atoms with Gasteiger partial charge in [0.2, 0.25) is 5.78 Å². The molecule has 0 aromatic carbocycles. The molecule has 0 bridgehead atoms. The van der Waals surface area contributed by atoms with Crippen molar-refractivity contribution in [1.82, 2.24) is 14.8 Å². The van der Waals surface area contributed by atoms with Gasteiger partial charge in [0.05, 0.1) is 10.7 Å². The second-order valence-electron chi connectivity index (χ2n) is 4.08. The molecule has 0 aliphatic carbocycles. The highest BCUT2D eigenvalue weighted by Crippen LogP contribution is 2.23. The fourth-order valence-corrected chi connectivity index (χ4v) is 1.97. The van der Waals surface area contributed by atoms with Gasteiger partial charge in [0, 0.05) is 24.0 Å². The molecular weight excluding hydrogens is 250 g/mol. The van der Waals surface area contributed by atoms with Crippen LogP contribution >= 0.6 is 11.6 Å². The standard InChI is InChI=1S/C13H14ClN3O/c1-4-17-12(11(14)9(3)16-17)13(18)10-6-5-8(2)15-7-10/h5-7H,4H2,1-3H3. The lowest BCUT2D eigenvalue weighted by Gasteiger charge is -2.04. The molecule has 0 fully saturated rings. The summed E-state index contributed by atoms with van der Waals surface area (Å²) in [6.07, 6.45) is 1.57. The molecule has 0 aliphatic heterocycles. The van der Waals surface area contributed by atoms with Gasteiger partial charge in [0.1, 0.15) is 5.69 Å². The summed E-state index contributed by atoms with van der Waals surface area (Å²) in [7, 11) is 0. The summed E-state index contributed by atoms with van der Waals surface area (Å²) in [6, 6.07) is 3.56. The lowest BCUT2D eigenvalue weighted by molar-refractivity contribution is 0.102. The minimum absolute atomic E-state index is 0.144. The van der Waals surface area contributed by atoms with E-state index in [1.165, 1.54) is 0 Å². The summed E-state index contributed by atoms with van der Waals surface area (Å²) >= 11 is 6.14. The van der Waals surface area contributed by atoms with E-state index in [2.05, 4.69) is 10.1 Å². The van der Waals surface area contributed by atoms with Gasteiger partial charge >= 0.3 is 0 Å². The first-order valence-corrected chi connectivity index (χ1v) is 6.12. The zero-order valence-electron chi connectivity index (χ0n) is 10.6. The molecule has 94 valence electrons. The highest BCUT2D eigenvalue weighted by atomic mass is 35.5. The maximum Gasteiger partial charge on any atom is 0.214 e. The van der Waals surface area contributed by atoms with E-state index in [-0.39, 0.29) is 5.78 Å². The van der Waals surface area contributed by atoms with Crippen LogP contribution in [0.25, 0.3) is 0 Å². The van der Waals surface area contributed by atoms with Crippen LogP contribution in [0, 0.1) is 13.8 Å². The largest absolute Gasteiger partial charge is 0.287 e. The molecule has 0 saturated carbocycles. The molecule has 0 radical (unpaired) electrons. The third-order valence-electron chi connectivity index (χ3n) is 2.74. The van der Waals surface area contributed by atoms with Gasteiger partial charge in [-0.15, -0.1) is 0 Å². The molecule has 2 rings (SSSR count). The highest BCUT2D eigenvalue weighted by Gasteiger charge is 2.21. The molecule has 2 aromatic heterocycles. The average molecular weight is 264 g/mol. The van der Waals surface area contributed by atoms with Gasteiger partial charge < -0.3 is 0 Å². The van der Waals surface area contributed by atoms with Crippen LogP contribution in [0.4, 0.5) is 0 Å². The van der Waals surface area contributed by atoms with E-state index in [9.17, 15) is 4.79 Å². The van der Waals surface area contributed by atoms with Crippen molar-refractivity contribution in [3.05, 3.63) is 46.0 Å². The van der Waals surface area contributed by atoms with Crippen LogP contribution in [0.2, 0.25) is 5.02 Å². The Balaban J connectivity index is 2.48. The summed E-state index contributed by atoms with van der Waals surface area (Å²) < 4.78 is 1.62. The summed E-state index contributed by atoms with van der Waals surface area (Å²) in [5.41, 5.74) is 2.50. The van der Waals surface area contributed by atoms with E-state index < -0.39 is 0 Å². The Kier molecular flexibility index (Phi) is 3.48. The second-order valence-corrected chi connectivity index (χ2v) is 4.46. The molecule has 0 amide bonds. The van der Waals surface area contributed by atoms with Crippen molar-refractivity contribution >= 4 is 17.4 Å². The number of aryl methyl sites for hydroxylation is 3. The highest BCUT2D eigenvalue weighted by molar-refractivity contribution is 6.35. The van der Waals surface area contributed by atoms with E-state index >= 15 is 0 Å². The van der Waals surface area contributed by atoms with Crippen molar-refractivity contribution in [2.24, 2.45) is 0 Å². The number of carbonyl (C=O) groups excluding carboxylic acids is 1. The van der Waals surface area contributed by atoms with Crippen LogP contribution in [-0.2, 0) is 6.54 Å². The first-order chi connectivity index (χ1) is 8.54. The summed E-state index contributed by atoms with van der Waals surface area (Å²) in [4.78, 5) is 16.5. The van der Waals surface area contributed by atoms with E-state index in [0.29, 0.717) is 28.5 Å². The van der Waals surface area contributed by atoms with E-state index in [1.807, 2.05) is 13.8 Å². The number of halogens is 1. The van der Waals surface area contributed by atoms with Gasteiger partial charge in [-0.05, 0) is 32.9 Å². The Morgan fingerprint density at radius 3 is 2.67 bits per heavy atom. The molecule has 0 N–H and O–H groups in total. The molecule has 0 unspecified atom stereocenters. The predicted octanol–water partition coefficient (Wildman–Crippen LogP) is 2.80. The number of hydrogen-bond donors (Lipinski definition) is 0. The zero-order valence-corrected chi connectivity index (χ0v) is 11.3. The van der Waals surface area contributed by atoms with Crippen molar-refractivity contribution in [3.63, 3.8) is 0 Å². The predicted molar refractivity (Wildman–Crippen MR) is 70.1 cm³/mol. The Hall–Kier alpha value is -1.68. The molecule has 0 aliphatic rings. The second kappa shape index (κ2) is 4.90. The fraction of sp³-hybridized carbons (Fsp3) is 0.308. The molecule has 18 heavy (non-hydrogen) atoms. The van der Waals surface area contributed by atoms with E-state index in [0.717, 1.165) is 5.69 Å². The van der Waals surface area contributed by atoms with Gasteiger partial charge in [-0.25, -0.2) is 0 Å². The number of hydrogen-bond acceptors (Lipinski definition) is 3. The number of nitrogens with zero attached hydrogens (tertiary/aromatic N) is 3. The average Bonchev–Trinajstić information content (AvgIpc) is 2.65. The van der Waals surface area contributed by atoms with Crippen molar-refractivity contribution in [1.29, 1.82) is 0 Å². The van der Waals surface area contributed by atoms with Crippen LogP contribution in [0.5, 0.6) is 0 Å². The van der Waals surface area contributed by atoms with E-state index in [4.69, 9.17) is 11.6 Å².